The topological polar surface area (TPSA) is 20.2 Å². The molecule has 0 saturated heterocycles. The molecule has 2 atom stereocenters. The Labute approximate surface area is 87.8 Å². The van der Waals surface area contributed by atoms with Crippen molar-refractivity contribution in [3.8, 4) is 0 Å². The van der Waals surface area contributed by atoms with Gasteiger partial charge in [0.25, 0.3) is 0 Å². The van der Waals surface area contributed by atoms with Gasteiger partial charge in [0.2, 0.25) is 0 Å². The number of hydrogen-bond donors (Lipinski definition) is 1. The fourth-order valence-electron chi connectivity index (χ4n) is 1.23. The van der Waals surface area contributed by atoms with Crippen LogP contribution >= 0.6 is 0 Å². The highest BCUT2D eigenvalue weighted by Crippen LogP contribution is 2.08. The number of hydrogen-bond acceptors (Lipinski definition) is 1. The summed E-state index contributed by atoms with van der Waals surface area (Å²) in [6.07, 6.45) is 10.6. The molecule has 0 spiro atoms. The first kappa shape index (κ1) is 13.2. The molecule has 0 amide bonds. The second-order valence-electron chi connectivity index (χ2n) is 3.59. The molecule has 0 fully saturated rings. The van der Waals surface area contributed by atoms with E-state index in [9.17, 15) is 5.11 Å². The second kappa shape index (κ2) is 7.57. The lowest BCUT2D eigenvalue weighted by Crippen LogP contribution is -2.11. The molecule has 0 rings (SSSR count). The van der Waals surface area contributed by atoms with Crippen molar-refractivity contribution in [2.24, 2.45) is 5.92 Å². The highest BCUT2D eigenvalue weighted by molar-refractivity contribution is 5.17. The van der Waals surface area contributed by atoms with Gasteiger partial charge in [-0.2, -0.15) is 0 Å². The van der Waals surface area contributed by atoms with Crippen LogP contribution < -0.4 is 0 Å². The van der Waals surface area contributed by atoms with E-state index in [0.29, 0.717) is 0 Å². The van der Waals surface area contributed by atoms with Crippen molar-refractivity contribution in [1.29, 1.82) is 0 Å². The van der Waals surface area contributed by atoms with Gasteiger partial charge in [-0.3, -0.25) is 0 Å². The third-order valence-corrected chi connectivity index (χ3v) is 2.12. The normalized spacial score (nSPS) is 17.9. The Kier molecular flexibility index (Phi) is 7.13. The van der Waals surface area contributed by atoms with Crippen LogP contribution in [0.15, 0.2) is 36.0 Å². The van der Waals surface area contributed by atoms with E-state index in [1.54, 1.807) is 0 Å². The van der Waals surface area contributed by atoms with Crippen molar-refractivity contribution in [3.05, 3.63) is 36.0 Å². The van der Waals surface area contributed by atoms with Gasteiger partial charge >= 0.3 is 0 Å². The Balaban J connectivity index is 4.16. The van der Waals surface area contributed by atoms with E-state index < -0.39 is 0 Å². The standard InChI is InChI=1S/C13H22O/c1-5-7-11(3)9-10-13(14)12(4)8-6-2/h6-10,12-14H,5H2,1-4H3/b8-6+,10-9+,11-7+. The lowest BCUT2D eigenvalue weighted by molar-refractivity contribution is 0.185. The van der Waals surface area contributed by atoms with Gasteiger partial charge in [-0.1, -0.05) is 49.8 Å². The number of rotatable bonds is 5. The maximum Gasteiger partial charge on any atom is 0.0783 e. The second-order valence-corrected chi connectivity index (χ2v) is 3.59. The predicted octanol–water partition coefficient (Wildman–Crippen LogP) is 3.47. The van der Waals surface area contributed by atoms with Crippen molar-refractivity contribution in [2.75, 3.05) is 0 Å². The van der Waals surface area contributed by atoms with E-state index in [0.717, 1.165) is 6.42 Å². The van der Waals surface area contributed by atoms with Crippen LogP contribution in [0.3, 0.4) is 0 Å². The molecule has 0 aliphatic heterocycles. The highest BCUT2D eigenvalue weighted by Gasteiger charge is 2.05. The van der Waals surface area contributed by atoms with Crippen LogP contribution in [0.2, 0.25) is 0 Å². The van der Waals surface area contributed by atoms with Gasteiger partial charge in [-0.25, -0.2) is 0 Å². The first-order chi connectivity index (χ1) is 6.61. The summed E-state index contributed by atoms with van der Waals surface area (Å²) in [4.78, 5) is 0. The fraction of sp³-hybridized carbons (Fsp3) is 0.538. The molecular formula is C13H22O. The average Bonchev–Trinajstić information content (AvgIpc) is 2.15. The summed E-state index contributed by atoms with van der Waals surface area (Å²) in [5.74, 6) is 0.186. The first-order valence-corrected chi connectivity index (χ1v) is 5.27. The molecule has 1 heteroatoms. The molecular weight excluding hydrogens is 172 g/mol. The zero-order valence-corrected chi connectivity index (χ0v) is 9.70. The van der Waals surface area contributed by atoms with E-state index >= 15 is 0 Å². The largest absolute Gasteiger partial charge is 0.388 e. The number of aliphatic hydroxyl groups excluding tert-OH is 1. The Bertz CT molecular complexity index is 223. The third kappa shape index (κ3) is 5.76. The van der Waals surface area contributed by atoms with Gasteiger partial charge in [-0.15, -0.1) is 0 Å². The van der Waals surface area contributed by atoms with Crippen LogP contribution in [0.1, 0.15) is 34.1 Å². The molecule has 80 valence electrons. The van der Waals surface area contributed by atoms with Crippen molar-refractivity contribution >= 4 is 0 Å². The molecule has 14 heavy (non-hydrogen) atoms. The molecule has 1 nitrogen and oxygen atoms in total. The van der Waals surface area contributed by atoms with E-state index in [-0.39, 0.29) is 12.0 Å². The molecule has 0 aromatic carbocycles. The van der Waals surface area contributed by atoms with Gasteiger partial charge in [0.1, 0.15) is 0 Å². The lowest BCUT2D eigenvalue weighted by atomic mass is 10.0. The van der Waals surface area contributed by atoms with Gasteiger partial charge in [0.05, 0.1) is 6.10 Å². The van der Waals surface area contributed by atoms with Crippen molar-refractivity contribution in [2.45, 2.75) is 40.2 Å². The maximum atomic E-state index is 9.70. The quantitative estimate of drug-likeness (QED) is 0.525. The van der Waals surface area contributed by atoms with Crippen LogP contribution in [0.5, 0.6) is 0 Å². The fourth-order valence-corrected chi connectivity index (χ4v) is 1.23. The smallest absolute Gasteiger partial charge is 0.0783 e. The lowest BCUT2D eigenvalue weighted by Gasteiger charge is -2.10. The molecule has 0 aromatic rings. The van der Waals surface area contributed by atoms with Crippen LogP contribution in [-0.2, 0) is 0 Å². The van der Waals surface area contributed by atoms with E-state index in [1.807, 2.05) is 45.1 Å². The van der Waals surface area contributed by atoms with E-state index in [2.05, 4.69) is 13.0 Å². The molecule has 0 aliphatic carbocycles. The van der Waals surface area contributed by atoms with E-state index in [4.69, 9.17) is 0 Å². The number of aliphatic hydroxyl groups is 1. The summed E-state index contributed by atoms with van der Waals surface area (Å²) in [6, 6.07) is 0. The summed E-state index contributed by atoms with van der Waals surface area (Å²) in [6.45, 7) is 8.13. The molecule has 2 unspecified atom stereocenters. The van der Waals surface area contributed by atoms with Crippen molar-refractivity contribution in [1.82, 2.24) is 0 Å². The Morgan fingerprint density at radius 2 is 2.00 bits per heavy atom. The summed E-state index contributed by atoms with van der Waals surface area (Å²) < 4.78 is 0. The zero-order valence-electron chi connectivity index (χ0n) is 9.70. The van der Waals surface area contributed by atoms with Gasteiger partial charge < -0.3 is 5.11 Å². The predicted molar refractivity (Wildman–Crippen MR) is 63.2 cm³/mol. The van der Waals surface area contributed by atoms with Gasteiger partial charge in [0.15, 0.2) is 0 Å². The molecule has 0 radical (unpaired) electrons. The monoisotopic (exact) mass is 194 g/mol. The first-order valence-electron chi connectivity index (χ1n) is 5.27. The molecule has 0 saturated carbocycles. The van der Waals surface area contributed by atoms with Gasteiger partial charge in [0, 0.05) is 5.92 Å². The highest BCUT2D eigenvalue weighted by atomic mass is 16.3. The summed E-state index contributed by atoms with van der Waals surface area (Å²) >= 11 is 0. The third-order valence-electron chi connectivity index (χ3n) is 2.12. The minimum absolute atomic E-state index is 0.186. The summed E-state index contributed by atoms with van der Waals surface area (Å²) in [5, 5.41) is 9.70. The molecule has 0 heterocycles. The van der Waals surface area contributed by atoms with Crippen LogP contribution in [0, 0.1) is 5.92 Å². The minimum atomic E-state index is -0.383. The van der Waals surface area contributed by atoms with Crippen molar-refractivity contribution < 1.29 is 5.11 Å². The summed E-state index contributed by atoms with van der Waals surface area (Å²) in [5.41, 5.74) is 1.21. The Hall–Kier alpha value is -0.820. The average molecular weight is 194 g/mol. The van der Waals surface area contributed by atoms with Gasteiger partial charge in [-0.05, 0) is 20.3 Å². The van der Waals surface area contributed by atoms with Crippen molar-refractivity contribution in [3.63, 3.8) is 0 Å². The molecule has 0 aliphatic rings. The molecule has 0 bridgehead atoms. The van der Waals surface area contributed by atoms with Crippen LogP contribution in [0.25, 0.3) is 0 Å². The Morgan fingerprint density at radius 3 is 2.50 bits per heavy atom. The zero-order chi connectivity index (χ0) is 11.0. The SMILES string of the molecule is C/C=C/C(C)C(O)/C=C/C(C)=C/CC. The maximum absolute atomic E-state index is 9.70. The minimum Gasteiger partial charge on any atom is -0.388 e. The van der Waals surface area contributed by atoms with Crippen LogP contribution in [-0.4, -0.2) is 11.2 Å². The van der Waals surface area contributed by atoms with E-state index in [1.165, 1.54) is 5.57 Å². The number of allylic oxidation sites excluding steroid dienone is 4. The molecule has 0 aromatic heterocycles. The molecule has 1 N–H and O–H groups in total. The van der Waals surface area contributed by atoms with Crippen LogP contribution in [0.4, 0.5) is 0 Å². The summed E-state index contributed by atoms with van der Waals surface area (Å²) in [7, 11) is 0. The Morgan fingerprint density at radius 1 is 1.36 bits per heavy atom.